The maximum absolute atomic E-state index is 9.73. The molecule has 1 fully saturated rings. The molecular formula is C21H32O. The van der Waals surface area contributed by atoms with Gasteiger partial charge in [-0.25, -0.2) is 0 Å². The third-order valence-electron chi connectivity index (χ3n) is 7.03. The lowest BCUT2D eigenvalue weighted by Gasteiger charge is -2.42. The minimum Gasteiger partial charge on any atom is -0.396 e. The van der Waals surface area contributed by atoms with Crippen molar-refractivity contribution in [3.63, 3.8) is 0 Å². The van der Waals surface area contributed by atoms with Crippen molar-refractivity contribution >= 4 is 0 Å². The third-order valence-corrected chi connectivity index (χ3v) is 7.03. The topological polar surface area (TPSA) is 20.2 Å². The fourth-order valence-electron chi connectivity index (χ4n) is 5.08. The monoisotopic (exact) mass is 300 g/mol. The van der Waals surface area contributed by atoms with Gasteiger partial charge >= 0.3 is 0 Å². The van der Waals surface area contributed by atoms with Gasteiger partial charge in [-0.05, 0) is 52.2 Å². The van der Waals surface area contributed by atoms with Crippen LogP contribution in [-0.2, 0) is 16.2 Å². The van der Waals surface area contributed by atoms with E-state index < -0.39 is 0 Å². The zero-order valence-electron chi connectivity index (χ0n) is 15.2. The highest BCUT2D eigenvalue weighted by atomic mass is 16.3. The predicted octanol–water partition coefficient (Wildman–Crippen LogP) is 4.94. The van der Waals surface area contributed by atoms with Gasteiger partial charge in [0.05, 0.1) is 0 Å². The molecule has 1 N–H and O–H groups in total. The minimum atomic E-state index is 0.177. The molecule has 1 saturated carbocycles. The molecule has 0 heterocycles. The first-order valence-electron chi connectivity index (χ1n) is 8.95. The Labute approximate surface area is 136 Å². The summed E-state index contributed by atoms with van der Waals surface area (Å²) in [7, 11) is 0. The van der Waals surface area contributed by atoms with Gasteiger partial charge in [0.1, 0.15) is 0 Å². The fraction of sp³-hybridized carbons (Fsp3) is 0.714. The zero-order valence-corrected chi connectivity index (χ0v) is 15.2. The molecule has 0 saturated heterocycles. The number of hydrogen-bond donors (Lipinski definition) is 1. The van der Waals surface area contributed by atoms with Gasteiger partial charge in [-0.3, -0.25) is 0 Å². The largest absolute Gasteiger partial charge is 0.396 e. The predicted molar refractivity (Wildman–Crippen MR) is 93.4 cm³/mol. The number of hydrogen-bond acceptors (Lipinski definition) is 1. The summed E-state index contributed by atoms with van der Waals surface area (Å²) < 4.78 is 0. The van der Waals surface area contributed by atoms with E-state index in [4.69, 9.17) is 0 Å². The number of benzene rings is 1. The number of fused-ring (bicyclic) bond motifs is 1. The summed E-state index contributed by atoms with van der Waals surface area (Å²) >= 11 is 0. The maximum atomic E-state index is 9.73. The normalized spacial score (nSPS) is 35.0. The summed E-state index contributed by atoms with van der Waals surface area (Å²) in [6, 6.07) is 7.21. The van der Waals surface area contributed by atoms with E-state index in [9.17, 15) is 5.11 Å². The standard InChI is InChI=1S/C21H32O/c1-7-15-18(13-22)21(15,6)14-8-9-16-17(12-14)20(4,5)11-10-19(16,2)3/h8-9,12,15,18,22H,7,10-11,13H2,1-6H3/t15-,18+,21-/m0/s1. The van der Waals surface area contributed by atoms with Gasteiger partial charge in [-0.2, -0.15) is 0 Å². The van der Waals surface area contributed by atoms with E-state index in [1.807, 2.05) is 0 Å². The summed E-state index contributed by atoms with van der Waals surface area (Å²) in [6.07, 6.45) is 3.68. The van der Waals surface area contributed by atoms with Crippen LogP contribution in [0.5, 0.6) is 0 Å². The first-order valence-corrected chi connectivity index (χ1v) is 8.95. The molecule has 1 aromatic rings. The van der Waals surface area contributed by atoms with Crippen molar-refractivity contribution in [2.75, 3.05) is 6.61 Å². The molecule has 3 rings (SSSR count). The highest BCUT2D eigenvalue weighted by Gasteiger charge is 2.60. The second-order valence-corrected chi connectivity index (χ2v) is 9.11. The van der Waals surface area contributed by atoms with Crippen LogP contribution in [0.3, 0.4) is 0 Å². The lowest BCUT2D eigenvalue weighted by Crippen LogP contribution is -2.34. The molecule has 0 amide bonds. The van der Waals surface area contributed by atoms with Crippen LogP contribution in [0.2, 0.25) is 0 Å². The van der Waals surface area contributed by atoms with Crippen molar-refractivity contribution in [1.82, 2.24) is 0 Å². The second-order valence-electron chi connectivity index (χ2n) is 9.11. The third kappa shape index (κ3) is 2.08. The van der Waals surface area contributed by atoms with Crippen molar-refractivity contribution in [2.45, 2.75) is 77.0 Å². The molecule has 0 aliphatic heterocycles. The molecule has 1 aromatic carbocycles. The van der Waals surface area contributed by atoms with Gasteiger partial charge in [-0.15, -0.1) is 0 Å². The van der Waals surface area contributed by atoms with Crippen LogP contribution >= 0.6 is 0 Å². The minimum absolute atomic E-state index is 0.177. The Bertz CT molecular complexity index is 572. The molecular weight excluding hydrogens is 268 g/mol. The zero-order chi connectivity index (χ0) is 16.3. The molecule has 1 heteroatoms. The molecule has 3 atom stereocenters. The molecule has 1 nitrogen and oxygen atoms in total. The van der Waals surface area contributed by atoms with Gasteiger partial charge in [0, 0.05) is 12.0 Å². The van der Waals surface area contributed by atoms with E-state index >= 15 is 0 Å². The number of aliphatic hydroxyl groups excluding tert-OH is 1. The molecule has 0 radical (unpaired) electrons. The van der Waals surface area contributed by atoms with Crippen LogP contribution in [-0.4, -0.2) is 11.7 Å². The highest BCUT2D eigenvalue weighted by Crippen LogP contribution is 2.61. The van der Waals surface area contributed by atoms with Crippen molar-refractivity contribution in [2.24, 2.45) is 11.8 Å². The summed E-state index contributed by atoms with van der Waals surface area (Å²) in [5, 5.41) is 9.73. The van der Waals surface area contributed by atoms with Crippen molar-refractivity contribution in [1.29, 1.82) is 0 Å². The van der Waals surface area contributed by atoms with Gasteiger partial charge < -0.3 is 5.11 Å². The lowest BCUT2D eigenvalue weighted by molar-refractivity contribution is 0.261. The van der Waals surface area contributed by atoms with Crippen LogP contribution in [0.1, 0.15) is 77.5 Å². The molecule has 0 aromatic heterocycles. The van der Waals surface area contributed by atoms with Crippen LogP contribution < -0.4 is 0 Å². The SMILES string of the molecule is CC[C@H]1[C@@H](CO)[C@@]1(C)c1ccc2c(c1)C(C)(C)CCC2(C)C. The molecule has 0 bridgehead atoms. The van der Waals surface area contributed by atoms with Gasteiger partial charge in [0.2, 0.25) is 0 Å². The fourth-order valence-corrected chi connectivity index (χ4v) is 5.08. The first kappa shape index (κ1) is 16.1. The van der Waals surface area contributed by atoms with E-state index in [0.717, 1.165) is 6.42 Å². The van der Waals surface area contributed by atoms with E-state index in [0.29, 0.717) is 18.4 Å². The molecule has 2 aliphatic carbocycles. The highest BCUT2D eigenvalue weighted by molar-refractivity contribution is 5.47. The number of rotatable bonds is 3. The van der Waals surface area contributed by atoms with Crippen molar-refractivity contribution in [3.05, 3.63) is 34.9 Å². The summed E-state index contributed by atoms with van der Waals surface area (Å²) in [5.74, 6) is 1.07. The van der Waals surface area contributed by atoms with Crippen LogP contribution in [0, 0.1) is 11.8 Å². The van der Waals surface area contributed by atoms with Crippen molar-refractivity contribution in [3.8, 4) is 0 Å². The molecule has 2 aliphatic rings. The average molecular weight is 300 g/mol. The first-order chi connectivity index (χ1) is 10.2. The molecule has 22 heavy (non-hydrogen) atoms. The van der Waals surface area contributed by atoms with E-state index in [1.54, 1.807) is 5.56 Å². The smallest absolute Gasteiger partial charge is 0.0470 e. The van der Waals surface area contributed by atoms with Crippen molar-refractivity contribution < 1.29 is 5.11 Å². The molecule has 0 unspecified atom stereocenters. The Morgan fingerprint density at radius 2 is 1.55 bits per heavy atom. The maximum Gasteiger partial charge on any atom is 0.0470 e. The summed E-state index contributed by atoms with van der Waals surface area (Å²) in [5.41, 5.74) is 5.25. The Morgan fingerprint density at radius 1 is 0.955 bits per heavy atom. The van der Waals surface area contributed by atoms with E-state index in [1.165, 1.54) is 24.0 Å². The van der Waals surface area contributed by atoms with Crippen LogP contribution in [0.15, 0.2) is 18.2 Å². The van der Waals surface area contributed by atoms with Gasteiger partial charge in [-0.1, -0.05) is 66.2 Å². The van der Waals surface area contributed by atoms with Gasteiger partial charge in [0.25, 0.3) is 0 Å². The Hall–Kier alpha value is -0.820. The summed E-state index contributed by atoms with van der Waals surface area (Å²) in [6.45, 7) is 14.5. The average Bonchev–Trinajstić information content (AvgIpc) is 3.09. The second kappa shape index (κ2) is 4.84. The van der Waals surface area contributed by atoms with E-state index in [2.05, 4.69) is 59.7 Å². The van der Waals surface area contributed by atoms with E-state index in [-0.39, 0.29) is 16.2 Å². The van der Waals surface area contributed by atoms with Crippen LogP contribution in [0.25, 0.3) is 0 Å². The Kier molecular flexibility index (Phi) is 3.53. The lowest BCUT2D eigenvalue weighted by atomic mass is 9.62. The Balaban J connectivity index is 2.08. The quantitative estimate of drug-likeness (QED) is 0.838. The Morgan fingerprint density at radius 3 is 2.05 bits per heavy atom. The van der Waals surface area contributed by atoms with Gasteiger partial charge in [0.15, 0.2) is 0 Å². The van der Waals surface area contributed by atoms with Crippen LogP contribution in [0.4, 0.5) is 0 Å². The number of aliphatic hydroxyl groups is 1. The molecule has 0 spiro atoms. The molecule has 122 valence electrons. The summed E-state index contributed by atoms with van der Waals surface area (Å²) in [4.78, 5) is 0.